The number of hydrogen-bond donors (Lipinski definition) is 1. The van der Waals surface area contributed by atoms with Crippen molar-refractivity contribution < 1.29 is 8.42 Å². The van der Waals surface area contributed by atoms with E-state index in [1.54, 1.807) is 41.7 Å². The molecule has 0 saturated carbocycles. The van der Waals surface area contributed by atoms with Gasteiger partial charge in [0.15, 0.2) is 0 Å². The predicted octanol–water partition coefficient (Wildman–Crippen LogP) is 3.53. The fraction of sp³-hybridized carbons (Fsp3) is 0.143. The zero-order valence-electron chi connectivity index (χ0n) is 10.6. The van der Waals surface area contributed by atoms with Crippen LogP contribution < -0.4 is 4.72 Å². The molecule has 106 valence electrons. The van der Waals surface area contributed by atoms with Gasteiger partial charge in [0.25, 0.3) is 0 Å². The topological polar surface area (TPSA) is 46.2 Å². The van der Waals surface area contributed by atoms with Crippen molar-refractivity contribution in [1.82, 2.24) is 4.72 Å². The van der Waals surface area contributed by atoms with E-state index in [0.717, 1.165) is 10.4 Å². The lowest BCUT2D eigenvalue weighted by Crippen LogP contribution is -2.23. The summed E-state index contributed by atoms with van der Waals surface area (Å²) in [7, 11) is -3.40. The number of benzene rings is 1. The van der Waals surface area contributed by atoms with Crippen LogP contribution in [0.3, 0.4) is 0 Å². The summed E-state index contributed by atoms with van der Waals surface area (Å²) in [5.41, 5.74) is 0.790. The molecule has 0 aliphatic rings. The minimum atomic E-state index is -3.40. The summed E-state index contributed by atoms with van der Waals surface area (Å²) in [6.45, 7) is 0.397. The molecule has 0 unspecified atom stereocenters. The third-order valence-electron chi connectivity index (χ3n) is 2.56. The van der Waals surface area contributed by atoms with Crippen LogP contribution >= 0.6 is 22.9 Å². The average Bonchev–Trinajstić information content (AvgIpc) is 2.91. The third kappa shape index (κ3) is 5.09. The van der Waals surface area contributed by atoms with Crippen LogP contribution in [0.15, 0.2) is 47.2 Å². The van der Waals surface area contributed by atoms with Gasteiger partial charge >= 0.3 is 0 Å². The maximum atomic E-state index is 11.8. The van der Waals surface area contributed by atoms with Crippen LogP contribution in [0.4, 0.5) is 0 Å². The van der Waals surface area contributed by atoms with Gasteiger partial charge in [0.1, 0.15) is 0 Å². The molecule has 0 aliphatic carbocycles. The minimum absolute atomic E-state index is 0.397. The van der Waals surface area contributed by atoms with Gasteiger partial charge in [-0.15, -0.1) is 11.3 Å². The second kappa shape index (κ2) is 7.04. The van der Waals surface area contributed by atoms with Crippen LogP contribution in [0.1, 0.15) is 10.4 Å². The van der Waals surface area contributed by atoms with E-state index >= 15 is 0 Å². The summed E-state index contributed by atoms with van der Waals surface area (Å²) in [4.78, 5) is 1.16. The highest BCUT2D eigenvalue weighted by molar-refractivity contribution is 7.92. The lowest BCUT2D eigenvalue weighted by molar-refractivity contribution is 0.591. The molecule has 2 aromatic rings. The van der Waals surface area contributed by atoms with E-state index < -0.39 is 10.0 Å². The Hall–Kier alpha value is -1.14. The van der Waals surface area contributed by atoms with Crippen LogP contribution in [-0.2, 0) is 16.4 Å². The third-order valence-corrected chi connectivity index (χ3v) is 4.85. The molecule has 1 heterocycles. The maximum Gasteiger partial charge on any atom is 0.233 e. The molecule has 0 fully saturated rings. The molecule has 0 radical (unpaired) electrons. The van der Waals surface area contributed by atoms with Crippen molar-refractivity contribution in [2.24, 2.45) is 0 Å². The summed E-state index contributed by atoms with van der Waals surface area (Å²) in [5.74, 6) is 0. The summed E-state index contributed by atoms with van der Waals surface area (Å²) in [6, 6.07) is 10.9. The van der Waals surface area contributed by atoms with Gasteiger partial charge in [0.2, 0.25) is 10.0 Å². The van der Waals surface area contributed by atoms with E-state index in [1.807, 2.05) is 17.5 Å². The quantitative estimate of drug-likeness (QED) is 0.882. The number of rotatable bonds is 6. The van der Waals surface area contributed by atoms with Crippen molar-refractivity contribution in [3.05, 3.63) is 62.6 Å². The molecule has 20 heavy (non-hydrogen) atoms. The molecular weight excluding hydrogens is 314 g/mol. The summed E-state index contributed by atoms with van der Waals surface area (Å²) >= 11 is 7.39. The summed E-state index contributed by atoms with van der Waals surface area (Å²) in [6.07, 6.45) is 2.25. The van der Waals surface area contributed by atoms with E-state index in [-0.39, 0.29) is 0 Å². The number of nitrogens with one attached hydrogen (secondary N) is 1. The molecule has 0 atom stereocenters. The Morgan fingerprint density at radius 1 is 1.20 bits per heavy atom. The second-order valence-corrected chi connectivity index (χ2v) is 7.24. The normalized spacial score (nSPS) is 12.1. The Balaban J connectivity index is 1.88. The minimum Gasteiger partial charge on any atom is -0.211 e. The molecule has 1 aromatic heterocycles. The van der Waals surface area contributed by atoms with E-state index in [2.05, 4.69) is 4.72 Å². The average molecular weight is 328 g/mol. The van der Waals surface area contributed by atoms with Crippen LogP contribution in [0.5, 0.6) is 0 Å². The number of sulfonamides is 1. The highest BCUT2D eigenvalue weighted by Gasteiger charge is 2.04. The molecule has 0 spiro atoms. The zero-order chi connectivity index (χ0) is 14.4. The monoisotopic (exact) mass is 327 g/mol. The van der Waals surface area contributed by atoms with Crippen LogP contribution in [0.25, 0.3) is 6.08 Å². The zero-order valence-corrected chi connectivity index (χ0v) is 13.0. The first-order valence-electron chi connectivity index (χ1n) is 6.01. The Labute approximate surface area is 128 Å². The molecule has 0 saturated heterocycles. The molecule has 0 bridgehead atoms. The predicted molar refractivity (Wildman–Crippen MR) is 85.4 cm³/mol. The second-order valence-electron chi connectivity index (χ2n) is 4.12. The van der Waals surface area contributed by atoms with Crippen molar-refractivity contribution in [2.45, 2.75) is 6.42 Å². The Bertz CT molecular complexity index is 662. The van der Waals surface area contributed by atoms with Gasteiger partial charge in [0.05, 0.1) is 0 Å². The summed E-state index contributed by atoms with van der Waals surface area (Å²) in [5, 5.41) is 3.77. The van der Waals surface area contributed by atoms with Gasteiger partial charge in [-0.1, -0.05) is 29.8 Å². The van der Waals surface area contributed by atoms with Crippen molar-refractivity contribution in [3.63, 3.8) is 0 Å². The first-order valence-corrected chi connectivity index (χ1v) is 8.81. The highest BCUT2D eigenvalue weighted by Crippen LogP contribution is 2.11. The van der Waals surface area contributed by atoms with E-state index in [9.17, 15) is 8.42 Å². The number of halogens is 1. The molecule has 1 N–H and O–H groups in total. The van der Waals surface area contributed by atoms with Gasteiger partial charge in [-0.3, -0.25) is 0 Å². The maximum absolute atomic E-state index is 11.8. The molecule has 0 aliphatic heterocycles. The van der Waals surface area contributed by atoms with E-state index in [1.165, 1.54) is 5.41 Å². The van der Waals surface area contributed by atoms with Crippen LogP contribution in [0.2, 0.25) is 5.02 Å². The molecule has 0 amide bonds. The fourth-order valence-electron chi connectivity index (χ4n) is 1.56. The van der Waals surface area contributed by atoms with Gasteiger partial charge in [-0.25, -0.2) is 13.1 Å². The SMILES string of the molecule is O=S(=O)(/C=C/c1ccc(Cl)cc1)NCCc1cccs1. The lowest BCUT2D eigenvalue weighted by atomic mass is 10.2. The Morgan fingerprint density at radius 3 is 2.60 bits per heavy atom. The smallest absolute Gasteiger partial charge is 0.211 e. The summed E-state index contributed by atoms with van der Waals surface area (Å²) < 4.78 is 26.1. The van der Waals surface area contributed by atoms with Crippen molar-refractivity contribution >= 4 is 39.0 Å². The first-order chi connectivity index (χ1) is 9.55. The van der Waals surface area contributed by atoms with Crippen molar-refractivity contribution in [3.8, 4) is 0 Å². The largest absolute Gasteiger partial charge is 0.233 e. The Morgan fingerprint density at radius 2 is 1.95 bits per heavy atom. The van der Waals surface area contributed by atoms with E-state index in [0.29, 0.717) is 18.0 Å². The van der Waals surface area contributed by atoms with Crippen LogP contribution in [0, 0.1) is 0 Å². The standard InChI is InChI=1S/C14H14ClNO2S2/c15-13-5-3-12(4-6-13)8-11-20(17,18)16-9-7-14-2-1-10-19-14/h1-6,8,10-11,16H,7,9H2/b11-8+. The van der Waals surface area contributed by atoms with Crippen LogP contribution in [-0.4, -0.2) is 15.0 Å². The van der Waals surface area contributed by atoms with Crippen molar-refractivity contribution in [1.29, 1.82) is 0 Å². The molecular formula is C14H14ClNO2S2. The van der Waals surface area contributed by atoms with Gasteiger partial charge < -0.3 is 0 Å². The molecule has 1 aromatic carbocycles. The first kappa shape index (κ1) is 15.3. The molecule has 2 rings (SSSR count). The highest BCUT2D eigenvalue weighted by atomic mass is 35.5. The van der Waals surface area contributed by atoms with E-state index in [4.69, 9.17) is 11.6 Å². The Kier molecular flexibility index (Phi) is 5.37. The number of thiophene rings is 1. The molecule has 3 nitrogen and oxygen atoms in total. The lowest BCUT2D eigenvalue weighted by Gasteiger charge is -2.01. The van der Waals surface area contributed by atoms with Gasteiger partial charge in [-0.05, 0) is 41.6 Å². The number of hydrogen-bond acceptors (Lipinski definition) is 3. The van der Waals surface area contributed by atoms with Gasteiger partial charge in [-0.2, -0.15) is 0 Å². The van der Waals surface area contributed by atoms with Crippen molar-refractivity contribution in [2.75, 3.05) is 6.54 Å². The molecule has 6 heteroatoms. The van der Waals surface area contributed by atoms with Gasteiger partial charge in [0, 0.05) is 21.9 Å². The fourth-order valence-corrected chi connectivity index (χ4v) is 3.22.